The van der Waals surface area contributed by atoms with Crippen molar-refractivity contribution in [2.45, 2.75) is 13.0 Å². The Kier molecular flexibility index (Phi) is 4.51. The Bertz CT molecular complexity index is 526. The highest BCUT2D eigenvalue weighted by Gasteiger charge is 2.17. The number of ether oxygens (including phenoxy) is 1. The lowest BCUT2D eigenvalue weighted by Gasteiger charge is -2.14. The van der Waals surface area contributed by atoms with Crippen molar-refractivity contribution >= 4 is 34.5 Å². The summed E-state index contributed by atoms with van der Waals surface area (Å²) in [6.07, 6.45) is -0.759. The SMILES string of the molecule is CCOc1cc(Cl)c(C(O)c2cccs2)cc1Cl. The summed E-state index contributed by atoms with van der Waals surface area (Å²) in [5, 5.41) is 13.0. The molecule has 5 heteroatoms. The number of hydrogen-bond donors (Lipinski definition) is 1. The second-order valence-electron chi connectivity index (χ2n) is 3.66. The van der Waals surface area contributed by atoms with Gasteiger partial charge in [0.15, 0.2) is 0 Å². The van der Waals surface area contributed by atoms with Gasteiger partial charge in [0.1, 0.15) is 11.9 Å². The zero-order chi connectivity index (χ0) is 13.1. The summed E-state index contributed by atoms with van der Waals surface area (Å²) in [5.74, 6) is 0.534. The summed E-state index contributed by atoms with van der Waals surface area (Å²) in [7, 11) is 0. The Balaban J connectivity index is 2.37. The molecule has 96 valence electrons. The number of rotatable bonds is 4. The van der Waals surface area contributed by atoms with Crippen LogP contribution in [-0.2, 0) is 0 Å². The van der Waals surface area contributed by atoms with Crippen LogP contribution in [0, 0.1) is 0 Å². The van der Waals surface area contributed by atoms with Crippen molar-refractivity contribution in [3.05, 3.63) is 50.1 Å². The molecular weight excluding hydrogens is 291 g/mol. The molecule has 0 spiro atoms. The normalized spacial score (nSPS) is 12.4. The van der Waals surface area contributed by atoms with Gasteiger partial charge < -0.3 is 9.84 Å². The number of benzene rings is 1. The van der Waals surface area contributed by atoms with Crippen molar-refractivity contribution in [2.75, 3.05) is 6.61 Å². The van der Waals surface area contributed by atoms with Gasteiger partial charge in [0, 0.05) is 16.5 Å². The third kappa shape index (κ3) is 2.81. The number of aliphatic hydroxyl groups is 1. The lowest BCUT2D eigenvalue weighted by molar-refractivity contribution is 0.224. The van der Waals surface area contributed by atoms with E-state index in [1.807, 2.05) is 24.4 Å². The molecule has 0 aliphatic carbocycles. The minimum Gasteiger partial charge on any atom is -0.492 e. The molecule has 1 atom stereocenters. The first-order chi connectivity index (χ1) is 8.63. The highest BCUT2D eigenvalue weighted by Crippen LogP contribution is 2.37. The van der Waals surface area contributed by atoms with Crippen LogP contribution in [0.3, 0.4) is 0 Å². The fourth-order valence-electron chi connectivity index (χ4n) is 1.62. The van der Waals surface area contributed by atoms with E-state index in [4.69, 9.17) is 27.9 Å². The highest BCUT2D eigenvalue weighted by atomic mass is 35.5. The van der Waals surface area contributed by atoms with Crippen LogP contribution in [-0.4, -0.2) is 11.7 Å². The van der Waals surface area contributed by atoms with Crippen molar-refractivity contribution in [1.29, 1.82) is 0 Å². The molecule has 1 heterocycles. The monoisotopic (exact) mass is 302 g/mol. The van der Waals surface area contributed by atoms with Gasteiger partial charge in [-0.2, -0.15) is 0 Å². The van der Waals surface area contributed by atoms with E-state index in [9.17, 15) is 5.11 Å². The first kappa shape index (κ1) is 13.7. The van der Waals surface area contributed by atoms with Crippen molar-refractivity contribution in [3.8, 4) is 5.75 Å². The van der Waals surface area contributed by atoms with Crippen LogP contribution >= 0.6 is 34.5 Å². The predicted molar refractivity (Wildman–Crippen MR) is 76.0 cm³/mol. The fourth-order valence-corrected chi connectivity index (χ4v) is 2.83. The van der Waals surface area contributed by atoms with Gasteiger partial charge >= 0.3 is 0 Å². The maximum atomic E-state index is 10.2. The standard InChI is InChI=1S/C13H12Cl2O2S/c1-2-17-11-7-9(14)8(6-10(11)15)13(16)12-4-3-5-18-12/h3-7,13,16H,2H2,1H3. The molecule has 18 heavy (non-hydrogen) atoms. The molecule has 0 saturated carbocycles. The number of thiophene rings is 1. The van der Waals surface area contributed by atoms with Crippen LogP contribution in [0.1, 0.15) is 23.5 Å². The Morgan fingerprint density at radius 1 is 1.33 bits per heavy atom. The zero-order valence-corrected chi connectivity index (χ0v) is 12.0. The second kappa shape index (κ2) is 5.93. The summed E-state index contributed by atoms with van der Waals surface area (Å²) in [6, 6.07) is 7.03. The third-order valence-electron chi connectivity index (χ3n) is 2.46. The van der Waals surface area contributed by atoms with Crippen molar-refractivity contribution in [1.82, 2.24) is 0 Å². The third-order valence-corrected chi connectivity index (χ3v) is 4.01. The Hall–Kier alpha value is -0.740. The summed E-state index contributed by atoms with van der Waals surface area (Å²) in [5.41, 5.74) is 0.590. The molecule has 2 rings (SSSR count). The van der Waals surface area contributed by atoms with E-state index in [0.29, 0.717) is 28.0 Å². The van der Waals surface area contributed by atoms with Crippen LogP contribution in [0.25, 0.3) is 0 Å². The second-order valence-corrected chi connectivity index (χ2v) is 5.45. The lowest BCUT2D eigenvalue weighted by Crippen LogP contribution is -2.00. The van der Waals surface area contributed by atoms with E-state index in [-0.39, 0.29) is 0 Å². The summed E-state index contributed by atoms with van der Waals surface area (Å²) in [6.45, 7) is 2.39. The Labute approximate surface area is 120 Å². The van der Waals surface area contributed by atoms with Gasteiger partial charge in [0.2, 0.25) is 0 Å². The molecule has 0 bridgehead atoms. The van der Waals surface area contributed by atoms with E-state index in [1.54, 1.807) is 12.1 Å². The van der Waals surface area contributed by atoms with Crippen molar-refractivity contribution in [3.63, 3.8) is 0 Å². The first-order valence-electron chi connectivity index (χ1n) is 5.46. The largest absolute Gasteiger partial charge is 0.492 e. The molecule has 1 unspecified atom stereocenters. The number of hydrogen-bond acceptors (Lipinski definition) is 3. The molecular formula is C13H12Cl2O2S. The van der Waals surface area contributed by atoms with E-state index in [1.165, 1.54) is 11.3 Å². The van der Waals surface area contributed by atoms with E-state index in [2.05, 4.69) is 0 Å². The fraction of sp³-hybridized carbons (Fsp3) is 0.231. The lowest BCUT2D eigenvalue weighted by atomic mass is 10.1. The van der Waals surface area contributed by atoms with Crippen LogP contribution < -0.4 is 4.74 Å². The van der Waals surface area contributed by atoms with Gasteiger partial charge in [-0.05, 0) is 24.4 Å². The van der Waals surface area contributed by atoms with E-state index < -0.39 is 6.10 Å². The zero-order valence-electron chi connectivity index (χ0n) is 9.69. The van der Waals surface area contributed by atoms with Crippen LogP contribution in [0.4, 0.5) is 0 Å². The van der Waals surface area contributed by atoms with Crippen LogP contribution in [0.5, 0.6) is 5.75 Å². The van der Waals surface area contributed by atoms with E-state index >= 15 is 0 Å². The number of aliphatic hydroxyl groups excluding tert-OH is 1. The minimum absolute atomic E-state index is 0.448. The van der Waals surface area contributed by atoms with Crippen molar-refractivity contribution in [2.24, 2.45) is 0 Å². The van der Waals surface area contributed by atoms with Gasteiger partial charge in [0.05, 0.1) is 16.7 Å². The van der Waals surface area contributed by atoms with Gasteiger partial charge in [-0.3, -0.25) is 0 Å². The molecule has 1 aromatic heterocycles. The topological polar surface area (TPSA) is 29.5 Å². The minimum atomic E-state index is -0.759. The quantitative estimate of drug-likeness (QED) is 0.899. The molecule has 0 amide bonds. The van der Waals surface area contributed by atoms with Crippen LogP contribution in [0.2, 0.25) is 10.0 Å². The molecule has 2 aromatic rings. The first-order valence-corrected chi connectivity index (χ1v) is 7.10. The molecule has 0 aliphatic heterocycles. The Morgan fingerprint density at radius 2 is 2.11 bits per heavy atom. The average molecular weight is 303 g/mol. The maximum absolute atomic E-state index is 10.2. The smallest absolute Gasteiger partial charge is 0.139 e. The molecule has 2 nitrogen and oxygen atoms in total. The summed E-state index contributed by atoms with van der Waals surface area (Å²) in [4.78, 5) is 0.831. The maximum Gasteiger partial charge on any atom is 0.139 e. The summed E-state index contributed by atoms with van der Waals surface area (Å²) >= 11 is 13.7. The molecule has 0 aliphatic rings. The van der Waals surface area contributed by atoms with E-state index in [0.717, 1.165) is 4.88 Å². The van der Waals surface area contributed by atoms with Crippen LogP contribution in [0.15, 0.2) is 29.6 Å². The van der Waals surface area contributed by atoms with Gasteiger partial charge in [-0.15, -0.1) is 11.3 Å². The molecule has 0 radical (unpaired) electrons. The number of halogens is 2. The molecule has 0 saturated heterocycles. The molecule has 1 N–H and O–H groups in total. The van der Waals surface area contributed by atoms with Crippen molar-refractivity contribution < 1.29 is 9.84 Å². The van der Waals surface area contributed by atoms with Gasteiger partial charge in [-0.25, -0.2) is 0 Å². The Morgan fingerprint density at radius 3 is 2.72 bits per heavy atom. The molecule has 0 fully saturated rings. The summed E-state index contributed by atoms with van der Waals surface area (Å²) < 4.78 is 5.35. The molecule has 1 aromatic carbocycles. The highest BCUT2D eigenvalue weighted by molar-refractivity contribution is 7.10. The van der Waals surface area contributed by atoms with Gasteiger partial charge in [0.25, 0.3) is 0 Å². The van der Waals surface area contributed by atoms with Gasteiger partial charge in [-0.1, -0.05) is 29.3 Å². The predicted octanol–water partition coefficient (Wildman–Crippen LogP) is 4.54. The average Bonchev–Trinajstić information content (AvgIpc) is 2.86.